The van der Waals surface area contributed by atoms with E-state index in [4.69, 9.17) is 4.74 Å². The van der Waals surface area contributed by atoms with Gasteiger partial charge in [-0.25, -0.2) is 0 Å². The lowest BCUT2D eigenvalue weighted by molar-refractivity contribution is -0.149. The molecule has 96 valence electrons. The average molecular weight is 244 g/mol. The van der Waals surface area contributed by atoms with Crippen molar-refractivity contribution in [1.29, 1.82) is 0 Å². The predicted molar refractivity (Wildman–Crippen MR) is 70.1 cm³/mol. The molecule has 1 aromatic carbocycles. The lowest BCUT2D eigenvalue weighted by Gasteiger charge is -2.35. The lowest BCUT2D eigenvalue weighted by atomic mass is 9.69. The van der Waals surface area contributed by atoms with Crippen molar-refractivity contribution >= 4 is 5.97 Å². The zero-order valence-corrected chi connectivity index (χ0v) is 10.8. The second kappa shape index (κ2) is 4.75. The van der Waals surface area contributed by atoms with Crippen molar-refractivity contribution in [2.45, 2.75) is 31.6 Å². The van der Waals surface area contributed by atoms with Gasteiger partial charge in [-0.15, -0.1) is 0 Å². The molecule has 1 aromatic rings. The van der Waals surface area contributed by atoms with Crippen molar-refractivity contribution in [2.24, 2.45) is 17.8 Å². The normalized spacial score (nSPS) is 34.3. The Labute approximate surface area is 108 Å². The lowest BCUT2D eigenvalue weighted by Crippen LogP contribution is -2.33. The van der Waals surface area contributed by atoms with Gasteiger partial charge in [0.05, 0.1) is 13.0 Å². The van der Waals surface area contributed by atoms with Gasteiger partial charge >= 0.3 is 5.97 Å². The topological polar surface area (TPSA) is 26.3 Å². The molecule has 2 nitrogen and oxygen atoms in total. The fourth-order valence-corrected chi connectivity index (χ4v) is 4.02. The zero-order valence-electron chi connectivity index (χ0n) is 10.8. The van der Waals surface area contributed by atoms with E-state index in [-0.39, 0.29) is 11.9 Å². The quantitative estimate of drug-likeness (QED) is 0.745. The molecule has 0 unspecified atom stereocenters. The summed E-state index contributed by atoms with van der Waals surface area (Å²) in [6, 6.07) is 10.5. The fourth-order valence-electron chi connectivity index (χ4n) is 4.02. The second-order valence-corrected chi connectivity index (χ2v) is 5.74. The summed E-state index contributed by atoms with van der Waals surface area (Å²) in [5, 5.41) is 0. The monoisotopic (exact) mass is 244 g/mol. The van der Waals surface area contributed by atoms with Gasteiger partial charge in [0.15, 0.2) is 0 Å². The number of rotatable bonds is 2. The molecule has 0 N–H and O–H groups in total. The third-order valence-electron chi connectivity index (χ3n) is 4.81. The number of hydrogen-bond donors (Lipinski definition) is 0. The Morgan fingerprint density at radius 1 is 1.17 bits per heavy atom. The molecule has 0 aliphatic heterocycles. The molecule has 2 saturated carbocycles. The number of esters is 1. The summed E-state index contributed by atoms with van der Waals surface area (Å²) in [7, 11) is 1.52. The summed E-state index contributed by atoms with van der Waals surface area (Å²) in [6.45, 7) is 0. The van der Waals surface area contributed by atoms with Crippen LogP contribution in [0.15, 0.2) is 30.3 Å². The Kier molecular flexibility index (Phi) is 3.11. The Hall–Kier alpha value is -1.31. The first-order valence-corrected chi connectivity index (χ1v) is 6.92. The molecule has 0 heterocycles. The van der Waals surface area contributed by atoms with Gasteiger partial charge < -0.3 is 4.74 Å². The molecule has 3 rings (SSSR count). The van der Waals surface area contributed by atoms with E-state index >= 15 is 0 Å². The van der Waals surface area contributed by atoms with Crippen molar-refractivity contribution < 1.29 is 9.53 Å². The van der Waals surface area contributed by atoms with Crippen LogP contribution in [-0.4, -0.2) is 13.1 Å². The summed E-state index contributed by atoms with van der Waals surface area (Å²) < 4.78 is 5.05. The second-order valence-electron chi connectivity index (χ2n) is 5.74. The number of hydrogen-bond acceptors (Lipinski definition) is 2. The molecule has 18 heavy (non-hydrogen) atoms. The molecule has 0 radical (unpaired) electrons. The van der Waals surface area contributed by atoms with E-state index < -0.39 is 0 Å². The van der Waals surface area contributed by atoms with Gasteiger partial charge in [-0.05, 0) is 42.6 Å². The van der Waals surface area contributed by atoms with Gasteiger partial charge in [-0.2, -0.15) is 0 Å². The van der Waals surface area contributed by atoms with E-state index in [1.165, 1.54) is 31.9 Å². The first-order valence-electron chi connectivity index (χ1n) is 6.92. The fraction of sp³-hybridized carbons (Fsp3) is 0.562. The largest absolute Gasteiger partial charge is 0.469 e. The molecule has 0 aromatic heterocycles. The maximum atomic E-state index is 12.1. The maximum absolute atomic E-state index is 12.1. The number of carbonyl (C=O) groups is 1. The van der Waals surface area contributed by atoms with E-state index in [9.17, 15) is 4.79 Å². The summed E-state index contributed by atoms with van der Waals surface area (Å²) >= 11 is 0. The Balaban J connectivity index is 1.93. The highest BCUT2D eigenvalue weighted by molar-refractivity contribution is 5.74. The molecule has 2 aliphatic carbocycles. The zero-order chi connectivity index (χ0) is 12.5. The van der Waals surface area contributed by atoms with Gasteiger partial charge in [-0.1, -0.05) is 36.8 Å². The average Bonchev–Trinajstić information content (AvgIpc) is 2.80. The maximum Gasteiger partial charge on any atom is 0.309 e. The van der Waals surface area contributed by atoms with Crippen molar-refractivity contribution in [1.82, 2.24) is 0 Å². The molecule has 4 atom stereocenters. The first-order chi connectivity index (χ1) is 8.79. The standard InChI is InChI=1S/C16H20O2/c1-18-16(17)15-13-8-7-11(9-13)10-14(15)12-5-3-2-4-6-12/h2-6,11,13-15H,7-10H2,1H3/t11-,13-,14-,15+/m0/s1. The van der Waals surface area contributed by atoms with E-state index in [1.54, 1.807) is 0 Å². The molecule has 2 fully saturated rings. The van der Waals surface area contributed by atoms with Crippen LogP contribution in [0, 0.1) is 17.8 Å². The SMILES string of the molecule is COC(=O)[C@@H]1[C@H]2CC[C@@H](C2)C[C@H]1c1ccccc1. The van der Waals surface area contributed by atoms with Crippen LogP contribution in [0.2, 0.25) is 0 Å². The molecular weight excluding hydrogens is 224 g/mol. The van der Waals surface area contributed by atoms with Crippen molar-refractivity contribution in [3.8, 4) is 0 Å². The number of methoxy groups -OCH3 is 1. The summed E-state index contributed by atoms with van der Waals surface area (Å²) in [5.41, 5.74) is 1.31. The van der Waals surface area contributed by atoms with Crippen molar-refractivity contribution in [2.75, 3.05) is 7.11 Å². The van der Waals surface area contributed by atoms with Crippen LogP contribution < -0.4 is 0 Å². The van der Waals surface area contributed by atoms with Gasteiger partial charge in [0.2, 0.25) is 0 Å². The van der Waals surface area contributed by atoms with Crippen LogP contribution in [0.5, 0.6) is 0 Å². The minimum atomic E-state index is -0.00537. The third kappa shape index (κ3) is 1.94. The van der Waals surface area contributed by atoms with E-state index in [0.717, 1.165) is 12.3 Å². The third-order valence-corrected chi connectivity index (χ3v) is 4.81. The minimum absolute atomic E-state index is 0.00537. The smallest absolute Gasteiger partial charge is 0.309 e. The van der Waals surface area contributed by atoms with Crippen molar-refractivity contribution in [3.05, 3.63) is 35.9 Å². The first kappa shape index (κ1) is 11.8. The van der Waals surface area contributed by atoms with Gasteiger partial charge in [0, 0.05) is 0 Å². The molecular formula is C16H20O2. The highest BCUT2D eigenvalue weighted by Gasteiger charge is 2.46. The molecule has 2 bridgehead atoms. The highest BCUT2D eigenvalue weighted by Crippen LogP contribution is 2.52. The summed E-state index contributed by atoms with van der Waals surface area (Å²) in [4.78, 5) is 12.1. The highest BCUT2D eigenvalue weighted by atomic mass is 16.5. The molecule has 2 heteroatoms. The van der Waals surface area contributed by atoms with Crippen LogP contribution in [0.4, 0.5) is 0 Å². The van der Waals surface area contributed by atoms with Crippen LogP contribution in [-0.2, 0) is 9.53 Å². The number of ether oxygens (including phenoxy) is 1. The summed E-state index contributed by atoms with van der Waals surface area (Å²) in [5.74, 6) is 1.80. The molecule has 0 saturated heterocycles. The van der Waals surface area contributed by atoms with Gasteiger partial charge in [-0.3, -0.25) is 4.79 Å². The van der Waals surface area contributed by atoms with Crippen LogP contribution in [0.25, 0.3) is 0 Å². The molecule has 0 amide bonds. The molecule has 2 aliphatic rings. The van der Waals surface area contributed by atoms with Crippen LogP contribution in [0.1, 0.15) is 37.2 Å². The van der Waals surface area contributed by atoms with E-state index in [2.05, 4.69) is 24.3 Å². The Morgan fingerprint density at radius 2 is 1.94 bits per heavy atom. The Bertz CT molecular complexity index is 426. The van der Waals surface area contributed by atoms with Gasteiger partial charge in [0.25, 0.3) is 0 Å². The van der Waals surface area contributed by atoms with Crippen LogP contribution >= 0.6 is 0 Å². The van der Waals surface area contributed by atoms with E-state index in [1.807, 2.05) is 6.07 Å². The predicted octanol–water partition coefficient (Wildman–Crippen LogP) is 3.38. The van der Waals surface area contributed by atoms with E-state index in [0.29, 0.717) is 11.8 Å². The van der Waals surface area contributed by atoms with Crippen LogP contribution in [0.3, 0.4) is 0 Å². The molecule has 0 spiro atoms. The number of fused-ring (bicyclic) bond motifs is 2. The van der Waals surface area contributed by atoms with Crippen molar-refractivity contribution in [3.63, 3.8) is 0 Å². The van der Waals surface area contributed by atoms with Gasteiger partial charge in [0.1, 0.15) is 0 Å². The number of benzene rings is 1. The summed E-state index contributed by atoms with van der Waals surface area (Å²) in [6.07, 6.45) is 4.87. The Morgan fingerprint density at radius 3 is 2.67 bits per heavy atom. The number of carbonyl (C=O) groups excluding carboxylic acids is 1. The minimum Gasteiger partial charge on any atom is -0.469 e.